The van der Waals surface area contributed by atoms with Crippen molar-refractivity contribution in [2.24, 2.45) is 0 Å². The first-order valence-electron chi connectivity index (χ1n) is 6.56. The number of hydrogen-bond donors (Lipinski definition) is 2. The van der Waals surface area contributed by atoms with Crippen molar-refractivity contribution in [1.29, 1.82) is 0 Å². The summed E-state index contributed by atoms with van der Waals surface area (Å²) in [4.78, 5) is 0. The predicted octanol–water partition coefficient (Wildman–Crippen LogP) is 3.68. The molecule has 3 heteroatoms. The molecule has 0 aromatic heterocycles. The van der Waals surface area contributed by atoms with Crippen molar-refractivity contribution in [2.45, 2.75) is 38.6 Å². The molecule has 2 nitrogen and oxygen atoms in total. The van der Waals surface area contributed by atoms with Crippen LogP contribution in [0.5, 0.6) is 5.75 Å². The minimum absolute atomic E-state index is 0.0232. The number of nitrogens with one attached hydrogen (secondary N) is 1. The van der Waals surface area contributed by atoms with Crippen LogP contribution in [0, 0.1) is 5.82 Å². The van der Waals surface area contributed by atoms with Crippen molar-refractivity contribution in [2.75, 3.05) is 6.54 Å². The molecule has 0 aliphatic heterocycles. The fraction of sp³-hybridized carbons (Fsp3) is 0.467. The van der Waals surface area contributed by atoms with Crippen LogP contribution in [-0.2, 0) is 0 Å². The number of allylic oxidation sites excluding steroid dienone is 1. The Morgan fingerprint density at radius 2 is 2.28 bits per heavy atom. The summed E-state index contributed by atoms with van der Waals surface area (Å²) in [6.45, 7) is 2.87. The molecule has 1 aromatic carbocycles. The van der Waals surface area contributed by atoms with Crippen LogP contribution in [0.3, 0.4) is 0 Å². The number of halogens is 1. The van der Waals surface area contributed by atoms with Crippen molar-refractivity contribution in [3.8, 4) is 5.75 Å². The minimum Gasteiger partial charge on any atom is -0.508 e. The van der Waals surface area contributed by atoms with E-state index in [1.54, 1.807) is 6.07 Å². The van der Waals surface area contributed by atoms with Crippen LogP contribution < -0.4 is 5.32 Å². The van der Waals surface area contributed by atoms with Crippen LogP contribution in [0.1, 0.15) is 44.2 Å². The van der Waals surface area contributed by atoms with E-state index in [2.05, 4.69) is 11.4 Å². The highest BCUT2D eigenvalue weighted by Gasteiger charge is 2.11. The van der Waals surface area contributed by atoms with Gasteiger partial charge in [-0.1, -0.05) is 17.7 Å². The summed E-state index contributed by atoms with van der Waals surface area (Å²) in [7, 11) is 0. The average molecular weight is 249 g/mol. The van der Waals surface area contributed by atoms with E-state index in [1.807, 2.05) is 6.92 Å². The maximum absolute atomic E-state index is 12.9. The second-order valence-electron chi connectivity index (χ2n) is 4.88. The average Bonchev–Trinajstić information content (AvgIpc) is 2.81. The van der Waals surface area contributed by atoms with Crippen molar-refractivity contribution in [3.05, 3.63) is 41.2 Å². The van der Waals surface area contributed by atoms with Crippen LogP contribution in [0.25, 0.3) is 0 Å². The molecular weight excluding hydrogens is 229 g/mol. The van der Waals surface area contributed by atoms with E-state index in [0.29, 0.717) is 0 Å². The van der Waals surface area contributed by atoms with Gasteiger partial charge in [0.15, 0.2) is 0 Å². The third-order valence-electron chi connectivity index (χ3n) is 3.49. The van der Waals surface area contributed by atoms with Gasteiger partial charge in [-0.05, 0) is 45.2 Å². The van der Waals surface area contributed by atoms with Gasteiger partial charge in [0.2, 0.25) is 0 Å². The summed E-state index contributed by atoms with van der Waals surface area (Å²) in [5.74, 6) is -0.380. The van der Waals surface area contributed by atoms with Gasteiger partial charge >= 0.3 is 0 Å². The molecule has 1 unspecified atom stereocenters. The molecule has 2 N–H and O–H groups in total. The highest BCUT2D eigenvalue weighted by Crippen LogP contribution is 2.25. The SMILES string of the molecule is CC(NCCC1=CCCC1)c1ccc(F)cc1O. The lowest BCUT2D eigenvalue weighted by atomic mass is 10.1. The van der Waals surface area contributed by atoms with Gasteiger partial charge in [-0.25, -0.2) is 4.39 Å². The Morgan fingerprint density at radius 1 is 1.44 bits per heavy atom. The molecule has 0 amide bonds. The van der Waals surface area contributed by atoms with Crippen molar-refractivity contribution in [3.63, 3.8) is 0 Å². The topological polar surface area (TPSA) is 32.3 Å². The predicted molar refractivity (Wildman–Crippen MR) is 71.0 cm³/mol. The summed E-state index contributed by atoms with van der Waals surface area (Å²) in [6.07, 6.45) is 7.10. The zero-order chi connectivity index (χ0) is 13.0. The molecule has 0 radical (unpaired) electrons. The number of hydrogen-bond acceptors (Lipinski definition) is 2. The van der Waals surface area contributed by atoms with E-state index >= 15 is 0 Å². The lowest BCUT2D eigenvalue weighted by molar-refractivity contribution is 0.447. The molecule has 0 fully saturated rings. The maximum Gasteiger partial charge on any atom is 0.126 e. The number of phenols is 1. The third-order valence-corrected chi connectivity index (χ3v) is 3.49. The summed E-state index contributed by atoms with van der Waals surface area (Å²) >= 11 is 0. The van der Waals surface area contributed by atoms with Crippen LogP contribution in [0.4, 0.5) is 4.39 Å². The molecule has 0 bridgehead atoms. The van der Waals surface area contributed by atoms with E-state index in [0.717, 1.165) is 24.6 Å². The maximum atomic E-state index is 12.9. The molecule has 1 aliphatic carbocycles. The van der Waals surface area contributed by atoms with Crippen molar-refractivity contribution in [1.82, 2.24) is 5.32 Å². The Labute approximate surface area is 108 Å². The first kappa shape index (κ1) is 13.1. The molecule has 98 valence electrons. The summed E-state index contributed by atoms with van der Waals surface area (Å²) in [6, 6.07) is 4.21. The van der Waals surface area contributed by atoms with Gasteiger partial charge in [0.25, 0.3) is 0 Å². The van der Waals surface area contributed by atoms with Gasteiger partial charge < -0.3 is 10.4 Å². The van der Waals surface area contributed by atoms with E-state index in [9.17, 15) is 9.50 Å². The molecule has 0 saturated heterocycles. The number of benzene rings is 1. The lowest BCUT2D eigenvalue weighted by Crippen LogP contribution is -2.20. The number of phenolic OH excluding ortho intramolecular Hbond substituents is 1. The second kappa shape index (κ2) is 6.01. The Morgan fingerprint density at radius 3 is 2.94 bits per heavy atom. The third kappa shape index (κ3) is 3.33. The fourth-order valence-corrected chi connectivity index (χ4v) is 2.41. The van der Waals surface area contributed by atoms with Gasteiger partial charge in [0, 0.05) is 17.7 Å². The fourth-order valence-electron chi connectivity index (χ4n) is 2.41. The van der Waals surface area contributed by atoms with E-state index in [1.165, 1.54) is 30.9 Å². The molecule has 0 spiro atoms. The van der Waals surface area contributed by atoms with Gasteiger partial charge in [0.1, 0.15) is 11.6 Å². The molecule has 1 aromatic rings. The normalized spacial score (nSPS) is 16.7. The highest BCUT2D eigenvalue weighted by atomic mass is 19.1. The van der Waals surface area contributed by atoms with Gasteiger partial charge in [-0.3, -0.25) is 0 Å². The first-order chi connectivity index (χ1) is 8.66. The standard InChI is InChI=1S/C15H20FNO/c1-11(14-7-6-13(16)10-15(14)18)17-9-8-12-4-2-3-5-12/h4,6-7,10-11,17-18H,2-3,5,8-9H2,1H3. The Bertz CT molecular complexity index is 442. The molecule has 1 aliphatic rings. The Balaban J connectivity index is 1.85. The zero-order valence-corrected chi connectivity index (χ0v) is 10.7. The van der Waals surface area contributed by atoms with Gasteiger partial charge in [-0.2, -0.15) is 0 Å². The first-order valence-corrected chi connectivity index (χ1v) is 6.56. The molecule has 0 heterocycles. The van der Waals surface area contributed by atoms with Crippen LogP contribution in [0.2, 0.25) is 0 Å². The zero-order valence-electron chi connectivity index (χ0n) is 10.7. The monoisotopic (exact) mass is 249 g/mol. The lowest BCUT2D eigenvalue weighted by Gasteiger charge is -2.15. The largest absolute Gasteiger partial charge is 0.508 e. The van der Waals surface area contributed by atoms with Gasteiger partial charge in [-0.15, -0.1) is 0 Å². The quantitative estimate of drug-likeness (QED) is 0.780. The van der Waals surface area contributed by atoms with Gasteiger partial charge in [0.05, 0.1) is 0 Å². The van der Waals surface area contributed by atoms with Crippen molar-refractivity contribution >= 4 is 0 Å². The molecule has 1 atom stereocenters. The summed E-state index contributed by atoms with van der Waals surface area (Å²) in [5.41, 5.74) is 2.27. The van der Waals surface area contributed by atoms with Crippen LogP contribution in [0.15, 0.2) is 29.8 Å². The molecule has 0 saturated carbocycles. The van der Waals surface area contributed by atoms with E-state index in [-0.39, 0.29) is 11.8 Å². The smallest absolute Gasteiger partial charge is 0.126 e. The highest BCUT2D eigenvalue weighted by molar-refractivity contribution is 5.34. The number of rotatable bonds is 5. The summed E-state index contributed by atoms with van der Waals surface area (Å²) in [5, 5.41) is 13.0. The minimum atomic E-state index is -0.403. The van der Waals surface area contributed by atoms with Crippen LogP contribution in [-0.4, -0.2) is 11.7 Å². The summed E-state index contributed by atoms with van der Waals surface area (Å²) < 4.78 is 12.9. The Hall–Kier alpha value is -1.35. The second-order valence-corrected chi connectivity index (χ2v) is 4.88. The Kier molecular flexibility index (Phi) is 4.37. The van der Waals surface area contributed by atoms with Crippen LogP contribution >= 0.6 is 0 Å². The van der Waals surface area contributed by atoms with E-state index in [4.69, 9.17) is 0 Å². The van der Waals surface area contributed by atoms with E-state index < -0.39 is 5.82 Å². The van der Waals surface area contributed by atoms with Crippen molar-refractivity contribution < 1.29 is 9.50 Å². The number of aromatic hydroxyl groups is 1. The molecule has 18 heavy (non-hydrogen) atoms. The molecular formula is C15H20FNO. The molecule has 2 rings (SSSR count).